The quantitative estimate of drug-likeness (QED) is 0.888. The average Bonchev–Trinajstić information content (AvgIpc) is 2.74. The van der Waals surface area contributed by atoms with Crippen molar-refractivity contribution in [3.05, 3.63) is 58.1 Å². The SMILES string of the molecule is N#Cc1cccc(NC2C(=O)Nc3cc(Br)ccc32)c1. The summed E-state index contributed by atoms with van der Waals surface area (Å²) in [5, 5.41) is 14.9. The molecule has 0 saturated carbocycles. The zero-order valence-electron chi connectivity index (χ0n) is 10.4. The lowest BCUT2D eigenvalue weighted by Crippen LogP contribution is -2.19. The predicted octanol–water partition coefficient (Wildman–Crippen LogP) is 3.43. The van der Waals surface area contributed by atoms with Gasteiger partial charge in [0.1, 0.15) is 6.04 Å². The first-order valence-electron chi connectivity index (χ1n) is 6.04. The van der Waals surface area contributed by atoms with Crippen LogP contribution in [0.1, 0.15) is 17.2 Å². The van der Waals surface area contributed by atoms with Gasteiger partial charge in [-0.3, -0.25) is 4.79 Å². The Labute approximate surface area is 124 Å². The molecule has 2 N–H and O–H groups in total. The highest BCUT2D eigenvalue weighted by molar-refractivity contribution is 9.10. The highest BCUT2D eigenvalue weighted by Gasteiger charge is 2.30. The van der Waals surface area contributed by atoms with Gasteiger partial charge in [-0.15, -0.1) is 0 Å². The smallest absolute Gasteiger partial charge is 0.251 e. The molecule has 5 heteroatoms. The third-order valence-corrected chi connectivity index (χ3v) is 3.64. The van der Waals surface area contributed by atoms with Crippen molar-refractivity contribution in [3.63, 3.8) is 0 Å². The third kappa shape index (κ3) is 2.26. The first kappa shape index (κ1) is 12.7. The van der Waals surface area contributed by atoms with Crippen LogP contribution in [0.25, 0.3) is 0 Å². The Morgan fingerprint density at radius 2 is 2.10 bits per heavy atom. The fourth-order valence-corrected chi connectivity index (χ4v) is 2.58. The molecule has 0 spiro atoms. The van der Waals surface area contributed by atoms with E-state index in [4.69, 9.17) is 5.26 Å². The zero-order chi connectivity index (χ0) is 14.1. The Morgan fingerprint density at radius 1 is 1.25 bits per heavy atom. The zero-order valence-corrected chi connectivity index (χ0v) is 11.9. The Balaban J connectivity index is 1.92. The summed E-state index contributed by atoms with van der Waals surface area (Å²) < 4.78 is 0.920. The summed E-state index contributed by atoms with van der Waals surface area (Å²) in [4.78, 5) is 12.0. The molecule has 1 heterocycles. The van der Waals surface area contributed by atoms with Crippen LogP contribution in [0.3, 0.4) is 0 Å². The highest BCUT2D eigenvalue weighted by atomic mass is 79.9. The fraction of sp³-hybridized carbons (Fsp3) is 0.0667. The molecule has 98 valence electrons. The normalized spacial score (nSPS) is 16.2. The van der Waals surface area contributed by atoms with Crippen LogP contribution in [-0.2, 0) is 4.79 Å². The van der Waals surface area contributed by atoms with Gasteiger partial charge in [0.05, 0.1) is 11.6 Å². The largest absolute Gasteiger partial charge is 0.370 e. The summed E-state index contributed by atoms with van der Waals surface area (Å²) in [5.74, 6) is -0.0968. The van der Waals surface area contributed by atoms with Gasteiger partial charge >= 0.3 is 0 Å². The van der Waals surface area contributed by atoms with E-state index in [2.05, 4.69) is 32.6 Å². The molecule has 0 bridgehead atoms. The fourth-order valence-electron chi connectivity index (χ4n) is 2.22. The maximum Gasteiger partial charge on any atom is 0.251 e. The van der Waals surface area contributed by atoms with E-state index in [1.54, 1.807) is 18.2 Å². The highest BCUT2D eigenvalue weighted by Crippen LogP contribution is 2.35. The monoisotopic (exact) mass is 327 g/mol. The van der Waals surface area contributed by atoms with E-state index in [1.165, 1.54) is 0 Å². The number of fused-ring (bicyclic) bond motifs is 1. The third-order valence-electron chi connectivity index (χ3n) is 3.15. The van der Waals surface area contributed by atoms with Gasteiger partial charge in [0.15, 0.2) is 0 Å². The van der Waals surface area contributed by atoms with Crippen LogP contribution < -0.4 is 10.6 Å². The van der Waals surface area contributed by atoms with Crippen molar-refractivity contribution in [1.29, 1.82) is 5.26 Å². The molecular formula is C15H10BrN3O. The summed E-state index contributed by atoms with van der Waals surface area (Å²) in [6, 6.07) is 14.4. The standard InChI is InChI=1S/C15H10BrN3O/c16-10-4-5-12-13(7-10)19-15(20)14(12)18-11-3-1-2-9(6-11)8-17/h1-7,14,18H,(H,19,20). The van der Waals surface area contributed by atoms with Gasteiger partial charge in [-0.25, -0.2) is 0 Å². The minimum atomic E-state index is -0.438. The molecule has 0 aromatic heterocycles. The summed E-state index contributed by atoms with van der Waals surface area (Å²) in [7, 11) is 0. The number of carbonyl (C=O) groups excluding carboxylic acids is 1. The Morgan fingerprint density at radius 3 is 2.90 bits per heavy atom. The Bertz CT molecular complexity index is 736. The van der Waals surface area contributed by atoms with Crippen LogP contribution in [0.2, 0.25) is 0 Å². The molecule has 0 fully saturated rings. The molecule has 1 atom stereocenters. The number of rotatable bonds is 2. The van der Waals surface area contributed by atoms with Crippen LogP contribution in [0, 0.1) is 11.3 Å². The van der Waals surface area contributed by atoms with Gasteiger partial charge in [0.25, 0.3) is 5.91 Å². The number of halogens is 1. The first-order valence-corrected chi connectivity index (χ1v) is 6.84. The van der Waals surface area contributed by atoms with Crippen molar-refractivity contribution in [2.75, 3.05) is 10.6 Å². The number of nitriles is 1. The average molecular weight is 328 g/mol. The molecule has 2 aromatic carbocycles. The van der Waals surface area contributed by atoms with Crippen LogP contribution in [0.5, 0.6) is 0 Å². The van der Waals surface area contributed by atoms with E-state index in [0.29, 0.717) is 5.56 Å². The second-order valence-electron chi connectivity index (χ2n) is 4.49. The van der Waals surface area contributed by atoms with E-state index in [0.717, 1.165) is 21.4 Å². The number of hydrogen-bond donors (Lipinski definition) is 2. The number of nitrogens with one attached hydrogen (secondary N) is 2. The van der Waals surface area contributed by atoms with Crippen LogP contribution in [-0.4, -0.2) is 5.91 Å². The molecule has 0 aliphatic carbocycles. The van der Waals surface area contributed by atoms with Gasteiger partial charge in [-0.2, -0.15) is 5.26 Å². The summed E-state index contributed by atoms with van der Waals surface area (Å²) in [6.45, 7) is 0. The maximum atomic E-state index is 12.0. The summed E-state index contributed by atoms with van der Waals surface area (Å²) >= 11 is 3.38. The lowest BCUT2D eigenvalue weighted by atomic mass is 10.1. The molecule has 0 radical (unpaired) electrons. The number of amides is 1. The number of anilines is 2. The number of nitrogens with zero attached hydrogens (tertiary/aromatic N) is 1. The predicted molar refractivity (Wildman–Crippen MR) is 80.3 cm³/mol. The lowest BCUT2D eigenvalue weighted by Gasteiger charge is -2.13. The molecule has 1 aliphatic heterocycles. The van der Waals surface area contributed by atoms with Crippen LogP contribution in [0.15, 0.2) is 46.9 Å². The topological polar surface area (TPSA) is 64.9 Å². The van der Waals surface area contributed by atoms with E-state index < -0.39 is 6.04 Å². The van der Waals surface area contributed by atoms with E-state index >= 15 is 0 Å². The van der Waals surface area contributed by atoms with Crippen molar-refractivity contribution in [1.82, 2.24) is 0 Å². The summed E-state index contributed by atoms with van der Waals surface area (Å²) in [6.07, 6.45) is 0. The number of benzene rings is 2. The molecular weight excluding hydrogens is 318 g/mol. The number of carbonyl (C=O) groups is 1. The van der Waals surface area contributed by atoms with Crippen LogP contribution >= 0.6 is 15.9 Å². The second kappa shape index (κ2) is 4.99. The lowest BCUT2D eigenvalue weighted by molar-refractivity contribution is -0.116. The second-order valence-corrected chi connectivity index (χ2v) is 5.41. The molecule has 3 rings (SSSR count). The molecule has 2 aromatic rings. The molecule has 1 aliphatic rings. The van der Waals surface area contributed by atoms with Gasteiger partial charge < -0.3 is 10.6 Å². The minimum absolute atomic E-state index is 0.0968. The van der Waals surface area contributed by atoms with Gasteiger partial charge in [0.2, 0.25) is 0 Å². The van der Waals surface area contributed by atoms with Crippen molar-refractivity contribution in [3.8, 4) is 6.07 Å². The Hall–Kier alpha value is -2.32. The van der Waals surface area contributed by atoms with Crippen molar-refractivity contribution in [2.24, 2.45) is 0 Å². The number of hydrogen-bond acceptors (Lipinski definition) is 3. The van der Waals surface area contributed by atoms with E-state index in [-0.39, 0.29) is 5.91 Å². The molecule has 1 unspecified atom stereocenters. The summed E-state index contributed by atoms with van der Waals surface area (Å²) in [5.41, 5.74) is 3.02. The minimum Gasteiger partial charge on any atom is -0.370 e. The molecule has 20 heavy (non-hydrogen) atoms. The van der Waals surface area contributed by atoms with Crippen molar-refractivity contribution >= 4 is 33.2 Å². The van der Waals surface area contributed by atoms with Crippen LogP contribution in [0.4, 0.5) is 11.4 Å². The molecule has 4 nitrogen and oxygen atoms in total. The van der Waals surface area contributed by atoms with Gasteiger partial charge in [0, 0.05) is 21.4 Å². The van der Waals surface area contributed by atoms with Gasteiger partial charge in [-0.05, 0) is 30.3 Å². The first-order chi connectivity index (χ1) is 9.67. The van der Waals surface area contributed by atoms with Crippen molar-refractivity contribution < 1.29 is 4.79 Å². The van der Waals surface area contributed by atoms with E-state index in [9.17, 15) is 4.79 Å². The Kier molecular flexibility index (Phi) is 3.17. The van der Waals surface area contributed by atoms with Crippen molar-refractivity contribution in [2.45, 2.75) is 6.04 Å². The molecule has 1 amide bonds. The maximum absolute atomic E-state index is 12.0. The van der Waals surface area contributed by atoms with E-state index in [1.807, 2.05) is 24.3 Å². The molecule has 0 saturated heterocycles. The van der Waals surface area contributed by atoms with Gasteiger partial charge in [-0.1, -0.05) is 28.1 Å².